The molecule has 3 N–H and O–H groups in total. The number of carbonyl (C=O) groups excluding carboxylic acids is 2. The Morgan fingerprint density at radius 3 is 2.25 bits per heavy atom. The van der Waals surface area contributed by atoms with Gasteiger partial charge in [0.05, 0.1) is 0 Å². The van der Waals surface area contributed by atoms with Gasteiger partial charge in [-0.05, 0) is 6.42 Å². The Hall–Kier alpha value is -0.700. The molecule has 0 aromatic heterocycles. The number of Topliss-reactive ketones (excluding diaryl/α,β-unsaturated/α-hetero) is 1. The molecule has 3 heteroatoms. The first-order valence-corrected chi connectivity index (χ1v) is 2.29. The molecule has 3 nitrogen and oxygen atoms in total. The fourth-order valence-electron chi connectivity index (χ4n) is 0.305. The van der Waals surface area contributed by atoms with Crippen LogP contribution in [0.25, 0.3) is 0 Å². The van der Waals surface area contributed by atoms with E-state index in [4.69, 9.17) is 0 Å². The maximum Gasteiger partial charge on any atom is 0.195 e. The van der Waals surface area contributed by atoms with Crippen LogP contribution in [0.4, 0.5) is 0 Å². The van der Waals surface area contributed by atoms with Gasteiger partial charge in [-0.25, -0.2) is 0 Å². The Labute approximate surface area is 48.7 Å². The van der Waals surface area contributed by atoms with Crippen molar-refractivity contribution in [3.63, 3.8) is 0 Å². The molecule has 0 bridgehead atoms. The summed E-state index contributed by atoms with van der Waals surface area (Å²) in [5.74, 6) is -0.303. The van der Waals surface area contributed by atoms with E-state index in [-0.39, 0.29) is 11.9 Å². The monoisotopic (exact) mass is 117 g/mol. The van der Waals surface area contributed by atoms with Crippen molar-refractivity contribution in [1.29, 1.82) is 0 Å². The van der Waals surface area contributed by atoms with Crippen molar-refractivity contribution >= 4 is 12.1 Å². The van der Waals surface area contributed by atoms with Crippen LogP contribution in [-0.2, 0) is 9.59 Å². The van der Waals surface area contributed by atoms with Crippen LogP contribution in [0.3, 0.4) is 0 Å². The summed E-state index contributed by atoms with van der Waals surface area (Å²) in [4.78, 5) is 19.6. The Morgan fingerprint density at radius 2 is 2.12 bits per heavy atom. The summed E-state index contributed by atoms with van der Waals surface area (Å²) >= 11 is 0. The first-order valence-electron chi connectivity index (χ1n) is 2.29. The zero-order valence-electron chi connectivity index (χ0n) is 5.02. The molecule has 0 radical (unpaired) electrons. The van der Waals surface area contributed by atoms with Crippen LogP contribution in [0.2, 0.25) is 0 Å². The van der Waals surface area contributed by atoms with Crippen LogP contribution >= 0.6 is 0 Å². The van der Waals surface area contributed by atoms with E-state index in [1.165, 1.54) is 0 Å². The number of ketones is 1. The van der Waals surface area contributed by atoms with E-state index in [1.807, 2.05) is 6.92 Å². The van der Waals surface area contributed by atoms with Gasteiger partial charge in [0.15, 0.2) is 12.1 Å². The molecule has 0 aromatic rings. The Morgan fingerprint density at radius 1 is 1.62 bits per heavy atom. The second-order valence-electron chi connectivity index (χ2n) is 1.33. The van der Waals surface area contributed by atoms with Crippen molar-refractivity contribution in [2.24, 2.45) is 0 Å². The van der Waals surface area contributed by atoms with E-state index in [0.29, 0.717) is 12.7 Å². The normalized spacial score (nSPS) is 7.12. The Kier molecular flexibility index (Phi) is 8.12. The highest BCUT2D eigenvalue weighted by molar-refractivity contribution is 6.24. The van der Waals surface area contributed by atoms with Crippen molar-refractivity contribution in [3.05, 3.63) is 0 Å². The van der Waals surface area contributed by atoms with Crippen LogP contribution in [0.5, 0.6) is 0 Å². The van der Waals surface area contributed by atoms with Gasteiger partial charge in [0, 0.05) is 6.42 Å². The second-order valence-corrected chi connectivity index (χ2v) is 1.33. The highest BCUT2D eigenvalue weighted by Gasteiger charge is 1.92. The highest BCUT2D eigenvalue weighted by atomic mass is 16.2. The van der Waals surface area contributed by atoms with Crippen molar-refractivity contribution in [2.75, 3.05) is 0 Å². The highest BCUT2D eigenvalue weighted by Crippen LogP contribution is 1.83. The molecule has 0 saturated carbocycles. The van der Waals surface area contributed by atoms with Gasteiger partial charge in [-0.1, -0.05) is 6.92 Å². The molecular formula is C5H11NO2. The molecule has 0 aliphatic heterocycles. The van der Waals surface area contributed by atoms with Gasteiger partial charge in [0.25, 0.3) is 0 Å². The fourth-order valence-corrected chi connectivity index (χ4v) is 0.305. The van der Waals surface area contributed by atoms with Gasteiger partial charge < -0.3 is 6.15 Å². The van der Waals surface area contributed by atoms with E-state index < -0.39 is 0 Å². The second kappa shape index (κ2) is 6.30. The van der Waals surface area contributed by atoms with Crippen LogP contribution in [0.1, 0.15) is 19.8 Å². The van der Waals surface area contributed by atoms with Crippen LogP contribution < -0.4 is 6.15 Å². The van der Waals surface area contributed by atoms with E-state index in [2.05, 4.69) is 0 Å². The molecule has 0 aromatic carbocycles. The maximum absolute atomic E-state index is 10.0. The largest absolute Gasteiger partial charge is 0.344 e. The number of hydrogen-bond donors (Lipinski definition) is 1. The zero-order valence-corrected chi connectivity index (χ0v) is 5.02. The molecule has 0 spiro atoms. The predicted octanol–water partition coefficient (Wildman–Crippen LogP) is 0.716. The molecule has 48 valence electrons. The smallest absolute Gasteiger partial charge is 0.195 e. The maximum atomic E-state index is 10.0. The SMILES string of the molecule is CCCC(=O)C=O.N. The summed E-state index contributed by atoms with van der Waals surface area (Å²) < 4.78 is 0. The van der Waals surface area contributed by atoms with E-state index in [0.717, 1.165) is 6.42 Å². The Bertz CT molecular complexity index is 80.5. The third-order valence-corrected chi connectivity index (χ3v) is 0.628. The standard InChI is InChI=1S/C5H8O2.H3N/c1-2-3-5(7)4-6;/h4H,2-3H2,1H3;1H3. The lowest BCUT2D eigenvalue weighted by Gasteiger charge is -1.79. The minimum Gasteiger partial charge on any atom is -0.344 e. The first-order chi connectivity index (χ1) is 3.31. The molecule has 0 unspecified atom stereocenters. The quantitative estimate of drug-likeness (QED) is 0.437. The third-order valence-electron chi connectivity index (χ3n) is 0.628. The average molecular weight is 117 g/mol. The summed E-state index contributed by atoms with van der Waals surface area (Å²) in [6.07, 6.45) is 1.52. The van der Waals surface area contributed by atoms with Gasteiger partial charge in [-0.2, -0.15) is 0 Å². The number of hydrogen-bond acceptors (Lipinski definition) is 3. The van der Waals surface area contributed by atoms with Crippen LogP contribution in [0, 0.1) is 0 Å². The topological polar surface area (TPSA) is 69.1 Å². The molecule has 0 fully saturated rings. The number of rotatable bonds is 3. The van der Waals surface area contributed by atoms with Gasteiger partial charge >= 0.3 is 0 Å². The van der Waals surface area contributed by atoms with Crippen molar-refractivity contribution in [1.82, 2.24) is 6.15 Å². The number of carbonyl (C=O) groups is 2. The molecule has 0 atom stereocenters. The van der Waals surface area contributed by atoms with Crippen LogP contribution in [0.15, 0.2) is 0 Å². The van der Waals surface area contributed by atoms with E-state index in [9.17, 15) is 9.59 Å². The zero-order chi connectivity index (χ0) is 5.70. The van der Waals surface area contributed by atoms with Crippen molar-refractivity contribution in [3.8, 4) is 0 Å². The molecule has 0 aliphatic rings. The van der Waals surface area contributed by atoms with Crippen molar-refractivity contribution in [2.45, 2.75) is 19.8 Å². The molecular weight excluding hydrogens is 106 g/mol. The van der Waals surface area contributed by atoms with Gasteiger partial charge in [-0.3, -0.25) is 9.59 Å². The molecule has 0 amide bonds. The van der Waals surface area contributed by atoms with Gasteiger partial charge in [0.1, 0.15) is 0 Å². The predicted molar refractivity (Wildman–Crippen MR) is 31.0 cm³/mol. The lowest BCUT2D eigenvalue weighted by atomic mass is 10.2. The first kappa shape index (κ1) is 10.3. The molecule has 0 heterocycles. The summed E-state index contributed by atoms with van der Waals surface area (Å²) in [5.41, 5.74) is 0. The fraction of sp³-hybridized carbons (Fsp3) is 0.600. The molecule has 0 saturated heterocycles. The summed E-state index contributed by atoms with van der Waals surface area (Å²) in [5, 5.41) is 0. The summed E-state index contributed by atoms with van der Waals surface area (Å²) in [7, 11) is 0. The lowest BCUT2D eigenvalue weighted by molar-refractivity contribution is -0.129. The average Bonchev–Trinajstić information content (AvgIpc) is 1.68. The lowest BCUT2D eigenvalue weighted by Crippen LogP contribution is -1.95. The Balaban J connectivity index is 0. The minimum absolute atomic E-state index is 0. The van der Waals surface area contributed by atoms with Gasteiger partial charge in [0.2, 0.25) is 0 Å². The molecule has 8 heavy (non-hydrogen) atoms. The molecule has 0 rings (SSSR count). The van der Waals surface area contributed by atoms with Crippen LogP contribution in [-0.4, -0.2) is 12.1 Å². The van der Waals surface area contributed by atoms with E-state index in [1.54, 1.807) is 0 Å². The van der Waals surface area contributed by atoms with Gasteiger partial charge in [-0.15, -0.1) is 0 Å². The minimum atomic E-state index is -0.303. The third kappa shape index (κ3) is 5.30. The van der Waals surface area contributed by atoms with Crippen molar-refractivity contribution < 1.29 is 9.59 Å². The molecule has 0 aliphatic carbocycles. The summed E-state index contributed by atoms with van der Waals surface area (Å²) in [6, 6.07) is 0. The van der Waals surface area contributed by atoms with E-state index >= 15 is 0 Å². The number of aldehydes is 1. The summed E-state index contributed by atoms with van der Waals surface area (Å²) in [6.45, 7) is 1.86.